The fourth-order valence-electron chi connectivity index (χ4n) is 0.957. The van der Waals surface area contributed by atoms with Crippen LogP contribution < -0.4 is 11.1 Å². The van der Waals surface area contributed by atoms with Crippen molar-refractivity contribution in [2.75, 3.05) is 40.3 Å². The molecule has 0 radical (unpaired) electrons. The summed E-state index contributed by atoms with van der Waals surface area (Å²) in [5, 5.41) is 3.41. The van der Waals surface area contributed by atoms with Crippen molar-refractivity contribution in [1.82, 2.24) is 10.2 Å². The smallest absolute Gasteiger partial charge is 0.0101 e. The van der Waals surface area contributed by atoms with Gasteiger partial charge in [0, 0.05) is 13.1 Å². The van der Waals surface area contributed by atoms with E-state index in [1.807, 2.05) is 0 Å². The largest absolute Gasteiger partial charge is 0.330 e. The van der Waals surface area contributed by atoms with Crippen molar-refractivity contribution >= 4 is 0 Å². The highest BCUT2D eigenvalue weighted by Crippen LogP contribution is 2.16. The summed E-state index contributed by atoms with van der Waals surface area (Å²) in [4.78, 5) is 2.18. The molecule has 0 aromatic rings. The van der Waals surface area contributed by atoms with Crippen LogP contribution in [0, 0.1) is 5.41 Å². The van der Waals surface area contributed by atoms with Gasteiger partial charge in [-0.25, -0.2) is 0 Å². The van der Waals surface area contributed by atoms with Crippen LogP contribution in [0.2, 0.25) is 0 Å². The summed E-state index contributed by atoms with van der Waals surface area (Å²) in [5.74, 6) is 0. The number of nitrogens with zero attached hydrogens (tertiary/aromatic N) is 1. The number of hydrogen-bond donors (Lipinski definition) is 2. The molecule has 0 rings (SSSR count). The third-order valence-corrected chi connectivity index (χ3v) is 2.27. The maximum Gasteiger partial charge on any atom is 0.0101 e. The highest BCUT2D eigenvalue weighted by Gasteiger charge is 2.13. The highest BCUT2D eigenvalue weighted by atomic mass is 15.1. The van der Waals surface area contributed by atoms with Crippen LogP contribution in [-0.2, 0) is 0 Å². The topological polar surface area (TPSA) is 41.3 Å². The molecule has 3 heteroatoms. The molecule has 0 saturated carbocycles. The Bertz CT molecular complexity index is 121. The second kappa shape index (κ2) is 6.35. The van der Waals surface area contributed by atoms with E-state index in [4.69, 9.17) is 5.73 Å². The molecule has 0 bridgehead atoms. The fraction of sp³-hybridized carbons (Fsp3) is 1.00. The van der Waals surface area contributed by atoms with Crippen LogP contribution in [0.4, 0.5) is 0 Å². The lowest BCUT2D eigenvalue weighted by Gasteiger charge is -2.22. The molecule has 13 heavy (non-hydrogen) atoms. The van der Waals surface area contributed by atoms with Crippen LogP contribution >= 0.6 is 0 Å². The quantitative estimate of drug-likeness (QED) is 0.571. The Labute approximate surface area is 82.7 Å². The van der Waals surface area contributed by atoms with E-state index >= 15 is 0 Å². The van der Waals surface area contributed by atoms with Gasteiger partial charge in [-0.1, -0.05) is 13.8 Å². The summed E-state index contributed by atoms with van der Waals surface area (Å²) in [7, 11) is 4.18. The number of nitrogens with one attached hydrogen (secondary N) is 1. The maximum atomic E-state index is 5.63. The molecule has 3 nitrogen and oxygen atoms in total. The predicted molar refractivity (Wildman–Crippen MR) is 58.9 cm³/mol. The van der Waals surface area contributed by atoms with E-state index in [0.717, 1.165) is 32.6 Å². The van der Waals surface area contributed by atoms with Crippen molar-refractivity contribution in [3.05, 3.63) is 0 Å². The molecular weight excluding hydrogens is 162 g/mol. The van der Waals surface area contributed by atoms with E-state index in [0.29, 0.717) is 0 Å². The van der Waals surface area contributed by atoms with Crippen molar-refractivity contribution in [1.29, 1.82) is 0 Å². The normalized spacial score (nSPS) is 12.5. The SMILES string of the molecule is CN(C)CCNCCC(C)(C)CN. The average molecular weight is 187 g/mol. The summed E-state index contributed by atoms with van der Waals surface area (Å²) in [6.45, 7) is 8.42. The van der Waals surface area contributed by atoms with Gasteiger partial charge < -0.3 is 16.0 Å². The van der Waals surface area contributed by atoms with E-state index in [1.54, 1.807) is 0 Å². The van der Waals surface area contributed by atoms with E-state index in [2.05, 4.69) is 38.2 Å². The van der Waals surface area contributed by atoms with E-state index in [1.165, 1.54) is 0 Å². The first kappa shape index (κ1) is 12.9. The van der Waals surface area contributed by atoms with Crippen molar-refractivity contribution < 1.29 is 0 Å². The lowest BCUT2D eigenvalue weighted by atomic mass is 9.90. The van der Waals surface area contributed by atoms with Crippen molar-refractivity contribution in [2.45, 2.75) is 20.3 Å². The molecule has 0 spiro atoms. The second-order valence-corrected chi connectivity index (χ2v) is 4.67. The van der Waals surface area contributed by atoms with Crippen molar-refractivity contribution in [3.8, 4) is 0 Å². The van der Waals surface area contributed by atoms with E-state index in [9.17, 15) is 0 Å². The summed E-state index contributed by atoms with van der Waals surface area (Å²) < 4.78 is 0. The first-order valence-corrected chi connectivity index (χ1v) is 5.03. The molecule has 0 saturated heterocycles. The maximum absolute atomic E-state index is 5.63. The van der Waals surface area contributed by atoms with Gasteiger partial charge in [0.15, 0.2) is 0 Å². The van der Waals surface area contributed by atoms with Crippen LogP contribution in [-0.4, -0.2) is 45.2 Å². The average Bonchev–Trinajstić information content (AvgIpc) is 2.03. The third-order valence-electron chi connectivity index (χ3n) is 2.27. The lowest BCUT2D eigenvalue weighted by molar-refractivity contribution is 0.331. The van der Waals surface area contributed by atoms with E-state index in [-0.39, 0.29) is 5.41 Å². The monoisotopic (exact) mass is 187 g/mol. The lowest BCUT2D eigenvalue weighted by Crippen LogP contribution is -2.32. The Kier molecular flexibility index (Phi) is 6.29. The molecule has 0 aliphatic rings. The Hall–Kier alpha value is -0.120. The van der Waals surface area contributed by atoms with Crippen LogP contribution in [0.3, 0.4) is 0 Å². The van der Waals surface area contributed by atoms with Gasteiger partial charge in [0.1, 0.15) is 0 Å². The van der Waals surface area contributed by atoms with E-state index < -0.39 is 0 Å². The zero-order valence-electron chi connectivity index (χ0n) is 9.56. The molecule has 0 unspecified atom stereocenters. The molecule has 0 aliphatic carbocycles. The minimum Gasteiger partial charge on any atom is -0.330 e. The molecule has 3 N–H and O–H groups in total. The van der Waals surface area contributed by atoms with Gasteiger partial charge in [-0.05, 0) is 39.0 Å². The molecule has 80 valence electrons. The zero-order valence-corrected chi connectivity index (χ0v) is 9.56. The molecule has 0 aliphatic heterocycles. The molecule has 0 amide bonds. The second-order valence-electron chi connectivity index (χ2n) is 4.67. The summed E-state index contributed by atoms with van der Waals surface area (Å²) in [6, 6.07) is 0. The van der Waals surface area contributed by atoms with Crippen LogP contribution in [0.5, 0.6) is 0 Å². The Balaban J connectivity index is 3.26. The highest BCUT2D eigenvalue weighted by molar-refractivity contribution is 4.70. The predicted octanol–water partition coefficient (Wildman–Crippen LogP) is 0.513. The minimum atomic E-state index is 0.283. The molecule has 0 aromatic heterocycles. The minimum absolute atomic E-state index is 0.283. The zero-order chi connectivity index (χ0) is 10.3. The van der Waals surface area contributed by atoms with Gasteiger partial charge in [0.25, 0.3) is 0 Å². The molecule has 0 fully saturated rings. The molecule has 0 aromatic carbocycles. The number of likely N-dealkylation sites (N-methyl/N-ethyl adjacent to an activating group) is 1. The van der Waals surface area contributed by atoms with Gasteiger partial charge in [-0.3, -0.25) is 0 Å². The Morgan fingerprint density at radius 2 is 1.85 bits per heavy atom. The molecule has 0 heterocycles. The van der Waals surface area contributed by atoms with Crippen LogP contribution in [0.1, 0.15) is 20.3 Å². The molecular formula is C10H25N3. The van der Waals surface area contributed by atoms with Crippen LogP contribution in [0.15, 0.2) is 0 Å². The van der Waals surface area contributed by atoms with Gasteiger partial charge in [0.2, 0.25) is 0 Å². The van der Waals surface area contributed by atoms with Crippen LogP contribution in [0.25, 0.3) is 0 Å². The summed E-state index contributed by atoms with van der Waals surface area (Å²) >= 11 is 0. The fourth-order valence-corrected chi connectivity index (χ4v) is 0.957. The van der Waals surface area contributed by atoms with Gasteiger partial charge in [-0.15, -0.1) is 0 Å². The van der Waals surface area contributed by atoms with Crippen molar-refractivity contribution in [2.24, 2.45) is 11.1 Å². The van der Waals surface area contributed by atoms with Gasteiger partial charge >= 0.3 is 0 Å². The number of nitrogens with two attached hydrogens (primary N) is 1. The Morgan fingerprint density at radius 3 is 2.31 bits per heavy atom. The summed E-state index contributed by atoms with van der Waals surface area (Å²) in [6.07, 6.45) is 1.15. The van der Waals surface area contributed by atoms with Gasteiger partial charge in [-0.2, -0.15) is 0 Å². The standard InChI is InChI=1S/C10H25N3/c1-10(2,9-11)5-6-12-7-8-13(3)4/h12H,5-9,11H2,1-4H3. The van der Waals surface area contributed by atoms with Gasteiger partial charge in [0.05, 0.1) is 0 Å². The number of rotatable bonds is 7. The first-order chi connectivity index (χ1) is 5.98. The summed E-state index contributed by atoms with van der Waals surface area (Å²) in [5.41, 5.74) is 5.92. The molecule has 0 atom stereocenters. The number of hydrogen-bond acceptors (Lipinski definition) is 3. The first-order valence-electron chi connectivity index (χ1n) is 5.03. The third kappa shape index (κ3) is 8.22. The Morgan fingerprint density at radius 1 is 1.23 bits per heavy atom. The van der Waals surface area contributed by atoms with Crippen molar-refractivity contribution in [3.63, 3.8) is 0 Å².